The van der Waals surface area contributed by atoms with Crippen LogP contribution in [-0.4, -0.2) is 13.2 Å². The molecule has 0 saturated heterocycles. The van der Waals surface area contributed by atoms with E-state index in [4.69, 9.17) is 0 Å². The summed E-state index contributed by atoms with van der Waals surface area (Å²) in [6.45, 7) is 1.99. The summed E-state index contributed by atoms with van der Waals surface area (Å²) in [5, 5.41) is 3.37. The molecule has 0 aromatic heterocycles. The molecular weight excluding hydrogens is 148 g/mol. The molecule has 0 radical (unpaired) electrons. The van der Waals surface area contributed by atoms with Crippen molar-refractivity contribution in [1.29, 1.82) is 0 Å². The normalized spacial score (nSPS) is 17.5. The highest BCUT2D eigenvalue weighted by Gasteiger charge is 2.21. The zero-order valence-corrected chi connectivity index (χ0v) is 6.75. The van der Waals surface area contributed by atoms with Gasteiger partial charge >= 0.3 is 0 Å². The molecular formula is C10H10N2. The van der Waals surface area contributed by atoms with E-state index in [-0.39, 0.29) is 0 Å². The molecule has 2 heteroatoms. The van der Waals surface area contributed by atoms with Gasteiger partial charge < -0.3 is 10.2 Å². The lowest BCUT2D eigenvalue weighted by Crippen LogP contribution is -2.24. The van der Waals surface area contributed by atoms with E-state index in [1.807, 2.05) is 0 Å². The summed E-state index contributed by atoms with van der Waals surface area (Å²) in [7, 11) is 0. The molecule has 2 nitrogen and oxygen atoms in total. The van der Waals surface area contributed by atoms with Crippen LogP contribution in [0.5, 0.6) is 0 Å². The van der Waals surface area contributed by atoms with E-state index < -0.39 is 0 Å². The van der Waals surface area contributed by atoms with Gasteiger partial charge in [-0.3, -0.25) is 0 Å². The summed E-state index contributed by atoms with van der Waals surface area (Å²) < 4.78 is 0. The molecule has 0 saturated carbocycles. The number of nitrogens with one attached hydrogen (secondary N) is 1. The Morgan fingerprint density at radius 2 is 2.33 bits per heavy atom. The molecule has 2 aliphatic rings. The fraction of sp³-hybridized carbons (Fsp3) is 0.200. The van der Waals surface area contributed by atoms with Gasteiger partial charge in [0.1, 0.15) is 0 Å². The lowest BCUT2D eigenvalue weighted by molar-refractivity contribution is 0.953. The van der Waals surface area contributed by atoms with Crippen molar-refractivity contribution >= 4 is 17.5 Å². The number of anilines is 2. The predicted octanol–water partition coefficient (Wildman–Crippen LogP) is 1.90. The molecule has 60 valence electrons. The first-order valence-electron chi connectivity index (χ1n) is 4.23. The van der Waals surface area contributed by atoms with Gasteiger partial charge in [-0.2, -0.15) is 0 Å². The molecule has 0 unspecified atom stereocenters. The van der Waals surface area contributed by atoms with Crippen LogP contribution in [0.1, 0.15) is 5.56 Å². The summed E-state index contributed by atoms with van der Waals surface area (Å²) in [5.41, 5.74) is 3.99. The van der Waals surface area contributed by atoms with E-state index >= 15 is 0 Å². The Kier molecular flexibility index (Phi) is 1.04. The third-order valence-electron chi connectivity index (χ3n) is 2.47. The summed E-state index contributed by atoms with van der Waals surface area (Å²) >= 11 is 0. The third-order valence-corrected chi connectivity index (χ3v) is 2.47. The fourth-order valence-electron chi connectivity index (χ4n) is 1.91. The Morgan fingerprint density at radius 3 is 3.33 bits per heavy atom. The molecule has 0 spiro atoms. The number of para-hydroxylation sites is 1. The van der Waals surface area contributed by atoms with Gasteiger partial charge in [-0.15, -0.1) is 0 Å². The second-order valence-corrected chi connectivity index (χ2v) is 3.20. The largest absolute Gasteiger partial charge is 0.366 e. The van der Waals surface area contributed by atoms with Crippen LogP contribution < -0.4 is 10.2 Å². The van der Waals surface area contributed by atoms with Gasteiger partial charge in [0.05, 0.1) is 18.0 Å². The molecule has 2 aliphatic heterocycles. The molecule has 0 aliphatic carbocycles. The van der Waals surface area contributed by atoms with Crippen LogP contribution >= 0.6 is 0 Å². The molecule has 0 bridgehead atoms. The lowest BCUT2D eigenvalue weighted by atomic mass is 10.1. The monoisotopic (exact) mass is 158 g/mol. The van der Waals surface area contributed by atoms with E-state index in [9.17, 15) is 0 Å². The maximum absolute atomic E-state index is 3.37. The van der Waals surface area contributed by atoms with Crippen molar-refractivity contribution in [2.45, 2.75) is 0 Å². The lowest BCUT2D eigenvalue weighted by Gasteiger charge is -2.21. The standard InChI is InChI=1S/C10H10N2/c1-3-8-4-2-6-12-7-11-9(5-1)10(8)12/h1-5,11H,6-7H2. The molecule has 12 heavy (non-hydrogen) atoms. The van der Waals surface area contributed by atoms with Crippen molar-refractivity contribution < 1.29 is 0 Å². The van der Waals surface area contributed by atoms with E-state index in [1.54, 1.807) is 0 Å². The van der Waals surface area contributed by atoms with E-state index in [0.717, 1.165) is 13.2 Å². The van der Waals surface area contributed by atoms with Gasteiger partial charge in [0, 0.05) is 6.54 Å². The van der Waals surface area contributed by atoms with Crippen molar-refractivity contribution in [2.24, 2.45) is 0 Å². The molecule has 0 fully saturated rings. The van der Waals surface area contributed by atoms with Crippen LogP contribution in [0.25, 0.3) is 6.08 Å². The second-order valence-electron chi connectivity index (χ2n) is 3.20. The minimum atomic E-state index is 0.955. The van der Waals surface area contributed by atoms with Gasteiger partial charge in [-0.05, 0) is 11.6 Å². The Labute approximate surface area is 71.5 Å². The fourth-order valence-corrected chi connectivity index (χ4v) is 1.91. The first-order valence-corrected chi connectivity index (χ1v) is 4.23. The smallest absolute Gasteiger partial charge is 0.0881 e. The highest BCUT2D eigenvalue weighted by molar-refractivity contribution is 5.85. The number of benzene rings is 1. The Morgan fingerprint density at radius 1 is 1.33 bits per heavy atom. The summed E-state index contributed by atoms with van der Waals surface area (Å²) in [4.78, 5) is 2.35. The number of hydrogen-bond acceptors (Lipinski definition) is 2. The molecule has 0 amide bonds. The van der Waals surface area contributed by atoms with Crippen molar-refractivity contribution in [2.75, 3.05) is 23.4 Å². The van der Waals surface area contributed by atoms with Gasteiger partial charge in [0.25, 0.3) is 0 Å². The van der Waals surface area contributed by atoms with Crippen molar-refractivity contribution in [3.05, 3.63) is 29.8 Å². The first-order chi connectivity index (χ1) is 5.95. The molecule has 3 rings (SSSR count). The molecule has 2 heterocycles. The molecule has 1 aromatic carbocycles. The zero-order chi connectivity index (χ0) is 7.97. The van der Waals surface area contributed by atoms with Crippen LogP contribution in [0.2, 0.25) is 0 Å². The van der Waals surface area contributed by atoms with Crippen LogP contribution in [0.3, 0.4) is 0 Å². The quantitative estimate of drug-likeness (QED) is 0.620. The van der Waals surface area contributed by atoms with Crippen LogP contribution in [0.15, 0.2) is 24.3 Å². The highest BCUT2D eigenvalue weighted by Crippen LogP contribution is 2.37. The van der Waals surface area contributed by atoms with Gasteiger partial charge in [-0.1, -0.05) is 24.3 Å². The van der Waals surface area contributed by atoms with Crippen molar-refractivity contribution in [1.82, 2.24) is 0 Å². The number of hydrogen-bond donors (Lipinski definition) is 1. The minimum absolute atomic E-state index is 0.955. The maximum atomic E-state index is 3.37. The second kappa shape index (κ2) is 2.03. The van der Waals surface area contributed by atoms with Crippen LogP contribution in [-0.2, 0) is 0 Å². The average molecular weight is 158 g/mol. The van der Waals surface area contributed by atoms with Gasteiger partial charge in [0.2, 0.25) is 0 Å². The Bertz CT molecular complexity index is 355. The number of rotatable bonds is 0. The van der Waals surface area contributed by atoms with Gasteiger partial charge in [0.15, 0.2) is 0 Å². The third kappa shape index (κ3) is 0.644. The minimum Gasteiger partial charge on any atom is -0.366 e. The predicted molar refractivity (Wildman–Crippen MR) is 51.3 cm³/mol. The summed E-state index contributed by atoms with van der Waals surface area (Å²) in [5.74, 6) is 0. The van der Waals surface area contributed by atoms with E-state index in [1.165, 1.54) is 16.9 Å². The van der Waals surface area contributed by atoms with Crippen LogP contribution in [0.4, 0.5) is 11.4 Å². The van der Waals surface area contributed by atoms with Gasteiger partial charge in [-0.25, -0.2) is 0 Å². The zero-order valence-electron chi connectivity index (χ0n) is 6.75. The topological polar surface area (TPSA) is 15.3 Å². The average Bonchev–Trinajstić information content (AvgIpc) is 2.52. The summed E-state index contributed by atoms with van der Waals surface area (Å²) in [6, 6.07) is 6.40. The van der Waals surface area contributed by atoms with Crippen LogP contribution in [0, 0.1) is 0 Å². The summed E-state index contributed by atoms with van der Waals surface area (Å²) in [6.07, 6.45) is 4.40. The molecule has 0 atom stereocenters. The Hall–Kier alpha value is -1.44. The van der Waals surface area contributed by atoms with E-state index in [2.05, 4.69) is 40.6 Å². The molecule has 1 aromatic rings. The van der Waals surface area contributed by atoms with Crippen molar-refractivity contribution in [3.63, 3.8) is 0 Å². The Balaban J connectivity index is 2.30. The highest BCUT2D eigenvalue weighted by atomic mass is 15.3. The maximum Gasteiger partial charge on any atom is 0.0881 e. The molecule has 1 N–H and O–H groups in total. The van der Waals surface area contributed by atoms with E-state index in [0.29, 0.717) is 0 Å². The van der Waals surface area contributed by atoms with Crippen molar-refractivity contribution in [3.8, 4) is 0 Å². The number of nitrogens with zero attached hydrogens (tertiary/aromatic N) is 1. The first kappa shape index (κ1) is 6.12. The SMILES string of the molecule is C1=Cc2cccc3c2N(C1)CN3.